The normalized spacial score (nSPS) is 13.1. The lowest BCUT2D eigenvalue weighted by Crippen LogP contribution is -2.36. The van der Waals surface area contributed by atoms with E-state index < -0.39 is 0 Å². The zero-order valence-corrected chi connectivity index (χ0v) is 11.8. The zero-order valence-electron chi connectivity index (χ0n) is 11.8. The van der Waals surface area contributed by atoms with Gasteiger partial charge in [-0.05, 0) is 36.5 Å². The minimum atomic E-state index is -0.371. The van der Waals surface area contributed by atoms with Crippen molar-refractivity contribution < 1.29 is 15.0 Å². The lowest BCUT2D eigenvalue weighted by Gasteiger charge is -2.26. The van der Waals surface area contributed by atoms with Gasteiger partial charge in [-0.25, -0.2) is 0 Å². The van der Waals surface area contributed by atoms with Gasteiger partial charge in [0.1, 0.15) is 5.75 Å². The quantitative estimate of drug-likeness (QED) is 0.735. The maximum Gasteiger partial charge on any atom is 0.224 e. The Morgan fingerprint density at radius 1 is 1.32 bits per heavy atom. The van der Waals surface area contributed by atoms with Gasteiger partial charge in [-0.15, -0.1) is 0 Å². The summed E-state index contributed by atoms with van der Waals surface area (Å²) in [4.78, 5) is 11.8. The molecule has 4 nitrogen and oxygen atoms in total. The van der Waals surface area contributed by atoms with E-state index in [2.05, 4.69) is 5.32 Å². The number of phenols is 1. The Morgan fingerprint density at radius 2 is 1.89 bits per heavy atom. The second-order valence-electron chi connectivity index (χ2n) is 5.84. The number of nitrogens with one attached hydrogen (secondary N) is 1. The number of hydrogen-bond donors (Lipinski definition) is 3. The van der Waals surface area contributed by atoms with Crippen LogP contribution in [0.1, 0.15) is 32.8 Å². The molecule has 0 aliphatic carbocycles. The van der Waals surface area contributed by atoms with Gasteiger partial charge in [0, 0.05) is 6.54 Å². The molecule has 0 fully saturated rings. The van der Waals surface area contributed by atoms with Crippen LogP contribution in [0.2, 0.25) is 0 Å². The smallest absolute Gasteiger partial charge is 0.224 e. The van der Waals surface area contributed by atoms with Crippen molar-refractivity contribution in [1.29, 1.82) is 0 Å². The van der Waals surface area contributed by atoms with Crippen LogP contribution in [0.15, 0.2) is 24.3 Å². The Hall–Kier alpha value is -1.55. The van der Waals surface area contributed by atoms with Crippen LogP contribution in [0.5, 0.6) is 5.75 Å². The summed E-state index contributed by atoms with van der Waals surface area (Å²) in [5.74, 6) is 0.145. The molecule has 3 N–H and O–H groups in total. The summed E-state index contributed by atoms with van der Waals surface area (Å²) < 4.78 is 0. The maximum atomic E-state index is 11.8. The van der Waals surface area contributed by atoms with Crippen LogP contribution in [0.4, 0.5) is 0 Å². The molecule has 106 valence electrons. The molecular weight excluding hydrogens is 242 g/mol. The van der Waals surface area contributed by atoms with Gasteiger partial charge in [0.05, 0.1) is 12.5 Å². The van der Waals surface area contributed by atoms with Gasteiger partial charge >= 0.3 is 0 Å². The molecule has 0 saturated carbocycles. The predicted octanol–water partition coefficient (Wildman–Crippen LogP) is 1.85. The SMILES string of the molecule is CC(O)CC(C)(C)CNC(=O)Cc1ccc(O)cc1. The van der Waals surface area contributed by atoms with E-state index in [9.17, 15) is 9.90 Å². The van der Waals surface area contributed by atoms with Gasteiger partial charge in [-0.1, -0.05) is 26.0 Å². The number of rotatable bonds is 6. The number of carbonyl (C=O) groups is 1. The molecule has 1 amide bonds. The maximum absolute atomic E-state index is 11.8. The van der Waals surface area contributed by atoms with Crippen LogP contribution in [0.25, 0.3) is 0 Å². The lowest BCUT2D eigenvalue weighted by molar-refractivity contribution is -0.121. The average molecular weight is 265 g/mol. The molecule has 1 aromatic carbocycles. The Morgan fingerprint density at radius 3 is 2.42 bits per heavy atom. The highest BCUT2D eigenvalue weighted by Crippen LogP contribution is 2.21. The van der Waals surface area contributed by atoms with E-state index in [4.69, 9.17) is 5.11 Å². The summed E-state index contributed by atoms with van der Waals surface area (Å²) >= 11 is 0. The third kappa shape index (κ3) is 6.25. The van der Waals surface area contributed by atoms with Gasteiger partial charge in [0.15, 0.2) is 0 Å². The second kappa shape index (κ2) is 6.57. The van der Waals surface area contributed by atoms with Crippen molar-refractivity contribution in [2.75, 3.05) is 6.54 Å². The second-order valence-corrected chi connectivity index (χ2v) is 5.84. The van der Waals surface area contributed by atoms with Crippen LogP contribution in [-0.2, 0) is 11.2 Å². The van der Waals surface area contributed by atoms with Gasteiger partial charge in [-0.3, -0.25) is 4.79 Å². The molecular formula is C15H23NO3. The van der Waals surface area contributed by atoms with Gasteiger partial charge in [0.2, 0.25) is 5.91 Å². The van der Waals surface area contributed by atoms with Crippen molar-refractivity contribution in [3.63, 3.8) is 0 Å². The first kappa shape index (κ1) is 15.5. The van der Waals surface area contributed by atoms with Gasteiger partial charge in [0.25, 0.3) is 0 Å². The van der Waals surface area contributed by atoms with E-state index in [1.54, 1.807) is 31.2 Å². The highest BCUT2D eigenvalue weighted by molar-refractivity contribution is 5.78. The van der Waals surface area contributed by atoms with Crippen LogP contribution in [0.3, 0.4) is 0 Å². The van der Waals surface area contributed by atoms with Gasteiger partial charge in [-0.2, -0.15) is 0 Å². The fraction of sp³-hybridized carbons (Fsp3) is 0.533. The van der Waals surface area contributed by atoms with Crippen molar-refractivity contribution in [2.24, 2.45) is 5.41 Å². The Bertz CT molecular complexity index is 410. The number of aliphatic hydroxyl groups excluding tert-OH is 1. The van der Waals surface area contributed by atoms with Crippen LogP contribution < -0.4 is 5.32 Å². The molecule has 1 atom stereocenters. The number of aromatic hydroxyl groups is 1. The summed E-state index contributed by atoms with van der Waals surface area (Å²) in [6, 6.07) is 6.60. The summed E-state index contributed by atoms with van der Waals surface area (Å²) in [6.45, 7) is 6.32. The first-order valence-corrected chi connectivity index (χ1v) is 6.51. The molecule has 19 heavy (non-hydrogen) atoms. The van der Waals surface area contributed by atoms with E-state index in [0.29, 0.717) is 19.4 Å². The molecule has 0 aliphatic heterocycles. The molecule has 1 unspecified atom stereocenters. The predicted molar refractivity (Wildman–Crippen MR) is 74.9 cm³/mol. The van der Waals surface area contributed by atoms with Crippen LogP contribution >= 0.6 is 0 Å². The number of benzene rings is 1. The van der Waals surface area contributed by atoms with Crippen molar-refractivity contribution in [3.8, 4) is 5.75 Å². The van der Waals surface area contributed by atoms with Crippen molar-refractivity contribution in [1.82, 2.24) is 5.32 Å². The largest absolute Gasteiger partial charge is 0.508 e. The van der Waals surface area contributed by atoms with Crippen molar-refractivity contribution in [2.45, 2.75) is 39.7 Å². The molecule has 1 aromatic rings. The number of amides is 1. The Balaban J connectivity index is 2.41. The molecule has 0 spiro atoms. The molecule has 0 heterocycles. The molecule has 0 radical (unpaired) electrons. The fourth-order valence-electron chi connectivity index (χ4n) is 2.07. The summed E-state index contributed by atoms with van der Waals surface area (Å²) in [5.41, 5.74) is 0.738. The third-order valence-corrected chi connectivity index (χ3v) is 2.91. The van der Waals surface area contributed by atoms with E-state index in [1.807, 2.05) is 13.8 Å². The third-order valence-electron chi connectivity index (χ3n) is 2.91. The Kier molecular flexibility index (Phi) is 5.36. The first-order valence-electron chi connectivity index (χ1n) is 6.51. The van der Waals surface area contributed by atoms with E-state index in [1.165, 1.54) is 0 Å². The number of hydrogen-bond acceptors (Lipinski definition) is 3. The highest BCUT2D eigenvalue weighted by Gasteiger charge is 2.21. The molecule has 0 aliphatic rings. The topological polar surface area (TPSA) is 69.6 Å². The highest BCUT2D eigenvalue weighted by atomic mass is 16.3. The monoisotopic (exact) mass is 265 g/mol. The molecule has 0 bridgehead atoms. The summed E-state index contributed by atoms with van der Waals surface area (Å²) in [6.07, 6.45) is 0.571. The fourth-order valence-corrected chi connectivity index (χ4v) is 2.07. The Labute approximate surface area is 114 Å². The van der Waals surface area contributed by atoms with Crippen molar-refractivity contribution in [3.05, 3.63) is 29.8 Å². The number of carbonyl (C=O) groups excluding carboxylic acids is 1. The van der Waals surface area contributed by atoms with E-state index in [0.717, 1.165) is 5.56 Å². The van der Waals surface area contributed by atoms with Crippen molar-refractivity contribution >= 4 is 5.91 Å². The average Bonchev–Trinajstić information content (AvgIpc) is 2.28. The lowest BCUT2D eigenvalue weighted by atomic mass is 9.87. The molecule has 0 aromatic heterocycles. The van der Waals surface area contributed by atoms with Crippen LogP contribution in [0, 0.1) is 5.41 Å². The van der Waals surface area contributed by atoms with E-state index in [-0.39, 0.29) is 23.2 Å². The first-order chi connectivity index (χ1) is 8.78. The van der Waals surface area contributed by atoms with Gasteiger partial charge < -0.3 is 15.5 Å². The summed E-state index contributed by atoms with van der Waals surface area (Å²) in [7, 11) is 0. The zero-order chi connectivity index (χ0) is 14.5. The minimum absolute atomic E-state index is 0.0515. The molecule has 4 heteroatoms. The molecule has 1 rings (SSSR count). The van der Waals surface area contributed by atoms with Crippen LogP contribution in [-0.4, -0.2) is 28.8 Å². The summed E-state index contributed by atoms with van der Waals surface area (Å²) in [5, 5.41) is 21.4. The molecule has 0 saturated heterocycles. The minimum Gasteiger partial charge on any atom is -0.508 e. The number of aliphatic hydroxyl groups is 1. The standard InChI is InChI=1S/C15H23NO3/c1-11(17)9-15(2,3)10-16-14(19)8-12-4-6-13(18)7-5-12/h4-7,11,17-18H,8-10H2,1-3H3,(H,16,19). The van der Waals surface area contributed by atoms with E-state index >= 15 is 0 Å². The number of phenolic OH excluding ortho intramolecular Hbond substituents is 1.